The Labute approximate surface area is 138 Å². The van der Waals surface area contributed by atoms with Gasteiger partial charge in [0.15, 0.2) is 6.61 Å². The van der Waals surface area contributed by atoms with Crippen LogP contribution in [-0.4, -0.2) is 45.5 Å². The van der Waals surface area contributed by atoms with Crippen molar-refractivity contribution in [3.63, 3.8) is 0 Å². The van der Waals surface area contributed by atoms with Gasteiger partial charge in [0.25, 0.3) is 5.91 Å². The predicted octanol–water partition coefficient (Wildman–Crippen LogP) is 2.24. The van der Waals surface area contributed by atoms with Crippen molar-refractivity contribution in [1.29, 1.82) is 0 Å². The zero-order valence-corrected chi connectivity index (χ0v) is 14.1. The Balaban J connectivity index is 1.53. The molecular formula is C18H27NO4. The van der Waals surface area contributed by atoms with E-state index in [1.54, 1.807) is 0 Å². The first kappa shape index (κ1) is 17.8. The molecule has 1 aromatic rings. The standard InChI is InChI=1S/C18H27NO4/c1-14-5-3-6-15(2)18(14)23-13-17(20)19-8-4-9-21-11-16-7-10-22-12-16/h3,5-6,16H,4,7-13H2,1-2H3,(H,19,20). The molecular weight excluding hydrogens is 294 g/mol. The van der Waals surface area contributed by atoms with Gasteiger partial charge in [0, 0.05) is 25.7 Å². The summed E-state index contributed by atoms with van der Waals surface area (Å²) in [5, 5.41) is 2.85. The first-order valence-electron chi connectivity index (χ1n) is 8.28. The van der Waals surface area contributed by atoms with Gasteiger partial charge in [-0.15, -0.1) is 0 Å². The summed E-state index contributed by atoms with van der Waals surface area (Å²) in [7, 11) is 0. The summed E-state index contributed by atoms with van der Waals surface area (Å²) < 4.78 is 16.5. The van der Waals surface area contributed by atoms with E-state index in [1.807, 2.05) is 32.0 Å². The van der Waals surface area contributed by atoms with E-state index in [2.05, 4.69) is 5.32 Å². The summed E-state index contributed by atoms with van der Waals surface area (Å²) in [6, 6.07) is 5.94. The van der Waals surface area contributed by atoms with E-state index in [4.69, 9.17) is 14.2 Å². The largest absolute Gasteiger partial charge is 0.483 e. The highest BCUT2D eigenvalue weighted by molar-refractivity contribution is 5.77. The molecule has 0 saturated carbocycles. The Morgan fingerprint density at radius 3 is 2.83 bits per heavy atom. The lowest BCUT2D eigenvalue weighted by molar-refractivity contribution is -0.123. The van der Waals surface area contributed by atoms with E-state index < -0.39 is 0 Å². The lowest BCUT2D eigenvalue weighted by Gasteiger charge is -2.12. The zero-order valence-electron chi connectivity index (χ0n) is 14.1. The van der Waals surface area contributed by atoms with Crippen molar-refractivity contribution in [2.75, 3.05) is 39.6 Å². The van der Waals surface area contributed by atoms with E-state index in [0.29, 0.717) is 19.1 Å². The van der Waals surface area contributed by atoms with Crippen molar-refractivity contribution in [1.82, 2.24) is 5.32 Å². The summed E-state index contributed by atoms with van der Waals surface area (Å²) in [5.41, 5.74) is 2.09. The molecule has 0 spiro atoms. The molecule has 1 aromatic carbocycles. The van der Waals surface area contributed by atoms with Gasteiger partial charge in [-0.05, 0) is 37.8 Å². The Morgan fingerprint density at radius 1 is 1.35 bits per heavy atom. The van der Waals surface area contributed by atoms with E-state index in [9.17, 15) is 4.79 Å². The lowest BCUT2D eigenvalue weighted by Crippen LogP contribution is -2.30. The number of hydrogen-bond acceptors (Lipinski definition) is 4. The molecule has 0 aliphatic carbocycles. The summed E-state index contributed by atoms with van der Waals surface area (Å²) in [4.78, 5) is 11.8. The maximum absolute atomic E-state index is 11.8. The van der Waals surface area contributed by atoms with Gasteiger partial charge in [-0.3, -0.25) is 4.79 Å². The van der Waals surface area contributed by atoms with Crippen LogP contribution in [0.1, 0.15) is 24.0 Å². The number of hydrogen-bond donors (Lipinski definition) is 1. The van der Waals surface area contributed by atoms with Crippen molar-refractivity contribution >= 4 is 5.91 Å². The second-order valence-electron chi connectivity index (χ2n) is 6.02. The Morgan fingerprint density at radius 2 is 2.13 bits per heavy atom. The quantitative estimate of drug-likeness (QED) is 0.709. The van der Waals surface area contributed by atoms with E-state index in [-0.39, 0.29) is 12.5 Å². The first-order chi connectivity index (χ1) is 11.2. The van der Waals surface area contributed by atoms with Crippen molar-refractivity contribution in [2.24, 2.45) is 5.92 Å². The molecule has 1 heterocycles. The molecule has 1 amide bonds. The molecule has 1 unspecified atom stereocenters. The molecule has 5 heteroatoms. The monoisotopic (exact) mass is 321 g/mol. The molecule has 23 heavy (non-hydrogen) atoms. The smallest absolute Gasteiger partial charge is 0.257 e. The minimum Gasteiger partial charge on any atom is -0.483 e. The molecule has 1 saturated heterocycles. The third-order valence-corrected chi connectivity index (χ3v) is 3.92. The number of amides is 1. The number of carbonyl (C=O) groups excluding carboxylic acids is 1. The number of aryl methyl sites for hydroxylation is 2. The zero-order chi connectivity index (χ0) is 16.5. The molecule has 1 atom stereocenters. The second-order valence-corrected chi connectivity index (χ2v) is 6.02. The molecule has 1 aliphatic heterocycles. The summed E-state index contributed by atoms with van der Waals surface area (Å²) in [5.74, 6) is 1.23. The molecule has 0 radical (unpaired) electrons. The molecule has 0 aromatic heterocycles. The average Bonchev–Trinajstić information content (AvgIpc) is 3.03. The number of rotatable bonds is 9. The molecule has 1 aliphatic rings. The lowest BCUT2D eigenvalue weighted by atomic mass is 10.1. The highest BCUT2D eigenvalue weighted by Gasteiger charge is 2.15. The van der Waals surface area contributed by atoms with Crippen LogP contribution in [0.5, 0.6) is 5.75 Å². The van der Waals surface area contributed by atoms with Gasteiger partial charge in [-0.25, -0.2) is 0 Å². The van der Waals surface area contributed by atoms with Crippen LogP contribution >= 0.6 is 0 Å². The molecule has 2 rings (SSSR count). The number of para-hydroxylation sites is 1. The average molecular weight is 321 g/mol. The Kier molecular flexibility index (Phi) is 7.36. The minimum atomic E-state index is -0.100. The van der Waals surface area contributed by atoms with E-state index in [0.717, 1.165) is 49.5 Å². The van der Waals surface area contributed by atoms with Crippen molar-refractivity contribution in [3.8, 4) is 5.75 Å². The van der Waals surface area contributed by atoms with Crippen LogP contribution in [0.25, 0.3) is 0 Å². The maximum Gasteiger partial charge on any atom is 0.257 e. The Hall–Kier alpha value is -1.59. The number of nitrogens with one attached hydrogen (secondary N) is 1. The van der Waals surface area contributed by atoms with E-state index in [1.165, 1.54) is 0 Å². The second kappa shape index (κ2) is 9.53. The summed E-state index contributed by atoms with van der Waals surface area (Å²) in [6.45, 7) is 7.69. The summed E-state index contributed by atoms with van der Waals surface area (Å²) in [6.07, 6.45) is 1.90. The van der Waals surface area contributed by atoms with Crippen LogP contribution in [0.15, 0.2) is 18.2 Å². The van der Waals surface area contributed by atoms with Crippen molar-refractivity contribution in [3.05, 3.63) is 29.3 Å². The van der Waals surface area contributed by atoms with Gasteiger partial charge in [0.05, 0.1) is 13.2 Å². The fraction of sp³-hybridized carbons (Fsp3) is 0.611. The fourth-order valence-electron chi connectivity index (χ4n) is 2.58. The van der Waals surface area contributed by atoms with E-state index >= 15 is 0 Å². The van der Waals surface area contributed by atoms with Crippen molar-refractivity contribution < 1.29 is 19.0 Å². The van der Waals surface area contributed by atoms with Crippen LogP contribution < -0.4 is 10.1 Å². The molecule has 1 fully saturated rings. The van der Waals surface area contributed by atoms with Gasteiger partial charge >= 0.3 is 0 Å². The molecule has 0 bridgehead atoms. The van der Waals surface area contributed by atoms with Crippen molar-refractivity contribution in [2.45, 2.75) is 26.7 Å². The number of ether oxygens (including phenoxy) is 3. The normalized spacial score (nSPS) is 17.2. The number of benzene rings is 1. The first-order valence-corrected chi connectivity index (χ1v) is 8.28. The van der Waals surface area contributed by atoms with Gasteiger partial charge < -0.3 is 19.5 Å². The molecule has 5 nitrogen and oxygen atoms in total. The SMILES string of the molecule is Cc1cccc(C)c1OCC(=O)NCCCOCC1CCOC1. The van der Waals surface area contributed by atoms with Gasteiger partial charge in [-0.1, -0.05) is 18.2 Å². The van der Waals surface area contributed by atoms with Crippen LogP contribution in [-0.2, 0) is 14.3 Å². The van der Waals surface area contributed by atoms with Crippen LogP contribution in [0.4, 0.5) is 0 Å². The van der Waals surface area contributed by atoms with Crippen LogP contribution in [0.2, 0.25) is 0 Å². The minimum absolute atomic E-state index is 0.0476. The topological polar surface area (TPSA) is 56.8 Å². The third-order valence-electron chi connectivity index (χ3n) is 3.92. The Bertz CT molecular complexity index is 478. The van der Waals surface area contributed by atoms with Gasteiger partial charge in [-0.2, -0.15) is 0 Å². The molecule has 128 valence electrons. The van der Waals surface area contributed by atoms with Crippen LogP contribution in [0, 0.1) is 19.8 Å². The predicted molar refractivity (Wildman–Crippen MR) is 88.8 cm³/mol. The highest BCUT2D eigenvalue weighted by atomic mass is 16.5. The maximum atomic E-state index is 11.8. The van der Waals surface area contributed by atoms with Gasteiger partial charge in [0.1, 0.15) is 5.75 Å². The van der Waals surface area contributed by atoms with Crippen LogP contribution in [0.3, 0.4) is 0 Å². The van der Waals surface area contributed by atoms with Gasteiger partial charge in [0.2, 0.25) is 0 Å². The molecule has 1 N–H and O–H groups in total. The highest BCUT2D eigenvalue weighted by Crippen LogP contribution is 2.21. The summed E-state index contributed by atoms with van der Waals surface area (Å²) >= 11 is 0. The third kappa shape index (κ3) is 6.20. The fourth-order valence-corrected chi connectivity index (χ4v) is 2.58. The number of carbonyl (C=O) groups is 1.